The summed E-state index contributed by atoms with van der Waals surface area (Å²) in [4.78, 5) is 0. The lowest BCUT2D eigenvalue weighted by Gasteiger charge is -2.63. The van der Waals surface area contributed by atoms with Crippen LogP contribution in [0.4, 0.5) is 17.6 Å². The summed E-state index contributed by atoms with van der Waals surface area (Å²) in [6.07, 6.45) is 3.23. The van der Waals surface area contributed by atoms with E-state index in [0.717, 1.165) is 12.8 Å². The predicted octanol–water partition coefficient (Wildman–Crippen LogP) is 5.02. The van der Waals surface area contributed by atoms with Gasteiger partial charge in [-0.15, -0.1) is 0 Å². The van der Waals surface area contributed by atoms with Crippen LogP contribution < -0.4 is 0 Å². The molecule has 0 unspecified atom stereocenters. The number of hydrogen-bond donors (Lipinski definition) is 0. The summed E-state index contributed by atoms with van der Waals surface area (Å²) in [6.45, 7) is 1.73. The molecule has 0 radical (unpaired) electrons. The van der Waals surface area contributed by atoms with Gasteiger partial charge in [-0.1, -0.05) is 19.8 Å². The van der Waals surface area contributed by atoms with E-state index >= 15 is 8.78 Å². The molecule has 4 rings (SSSR count). The van der Waals surface area contributed by atoms with Gasteiger partial charge in [-0.05, 0) is 50.4 Å². The van der Waals surface area contributed by atoms with Crippen LogP contribution in [-0.4, -0.2) is 31.3 Å². The van der Waals surface area contributed by atoms with Gasteiger partial charge in [0.15, 0.2) is 0 Å². The van der Waals surface area contributed by atoms with E-state index in [2.05, 4.69) is 6.92 Å². The minimum absolute atomic E-state index is 0.00893. The van der Waals surface area contributed by atoms with Crippen molar-refractivity contribution in [2.75, 3.05) is 13.9 Å². The maximum atomic E-state index is 15.0. The molecule has 4 saturated carbocycles. The van der Waals surface area contributed by atoms with E-state index < -0.39 is 22.9 Å². The number of ether oxygens (including phenoxy) is 2. The van der Waals surface area contributed by atoms with E-state index in [-0.39, 0.29) is 38.4 Å². The molecule has 0 spiro atoms. The van der Waals surface area contributed by atoms with Crippen LogP contribution in [0.5, 0.6) is 0 Å². The minimum atomic E-state index is -4.14. The summed E-state index contributed by atoms with van der Waals surface area (Å²) >= 11 is 0. The van der Waals surface area contributed by atoms with E-state index in [1.807, 2.05) is 0 Å². The SMILES string of the molecule is COCOC12CCC(C3CCC(C)CC3)(CC1)C(F)(F)C2(F)F. The van der Waals surface area contributed by atoms with Crippen molar-refractivity contribution in [1.29, 1.82) is 0 Å². The Morgan fingerprint density at radius 2 is 1.43 bits per heavy atom. The Labute approximate surface area is 134 Å². The molecule has 0 aromatic heterocycles. The van der Waals surface area contributed by atoms with Crippen LogP contribution in [0.1, 0.15) is 58.3 Å². The Morgan fingerprint density at radius 3 is 1.96 bits per heavy atom. The first-order chi connectivity index (χ1) is 10.7. The molecule has 0 aliphatic heterocycles. The number of methoxy groups -OCH3 is 1. The summed E-state index contributed by atoms with van der Waals surface area (Å²) in [6, 6.07) is 0. The highest BCUT2D eigenvalue weighted by Crippen LogP contribution is 2.71. The number of alkyl halides is 4. The molecule has 23 heavy (non-hydrogen) atoms. The molecule has 0 heterocycles. The maximum Gasteiger partial charge on any atom is 0.339 e. The van der Waals surface area contributed by atoms with Crippen LogP contribution in [0.25, 0.3) is 0 Å². The molecule has 4 aliphatic carbocycles. The lowest BCUT2D eigenvalue weighted by Crippen LogP contribution is -2.75. The van der Waals surface area contributed by atoms with Gasteiger partial charge in [0.25, 0.3) is 0 Å². The van der Waals surface area contributed by atoms with Gasteiger partial charge < -0.3 is 9.47 Å². The van der Waals surface area contributed by atoms with Crippen LogP contribution in [0.3, 0.4) is 0 Å². The van der Waals surface area contributed by atoms with E-state index in [1.54, 1.807) is 0 Å². The summed E-state index contributed by atoms with van der Waals surface area (Å²) < 4.78 is 69.5. The quantitative estimate of drug-likeness (QED) is 0.529. The van der Waals surface area contributed by atoms with Gasteiger partial charge in [0.1, 0.15) is 12.4 Å². The van der Waals surface area contributed by atoms with E-state index in [0.29, 0.717) is 18.8 Å². The fraction of sp³-hybridized carbons (Fsp3) is 1.00. The van der Waals surface area contributed by atoms with Gasteiger partial charge in [-0.25, -0.2) is 0 Å². The van der Waals surface area contributed by atoms with Crippen LogP contribution in [-0.2, 0) is 9.47 Å². The lowest BCUT2D eigenvalue weighted by molar-refractivity contribution is -0.406. The third-order valence-corrected chi connectivity index (χ3v) is 6.79. The van der Waals surface area contributed by atoms with Crippen LogP contribution >= 0.6 is 0 Å². The topological polar surface area (TPSA) is 18.5 Å². The summed E-state index contributed by atoms with van der Waals surface area (Å²) in [5, 5.41) is 0. The molecule has 4 aliphatic rings. The van der Waals surface area contributed by atoms with Crippen LogP contribution in [0.2, 0.25) is 0 Å². The summed E-state index contributed by atoms with van der Waals surface area (Å²) in [7, 11) is 1.31. The standard InChI is InChI=1S/C17H26F4O2/c1-12-3-5-13(6-4-12)14-7-9-15(10-8-14,23-11-22-2)17(20,21)16(14,18)19/h12-13H,3-11H2,1-2H3. The fourth-order valence-corrected chi connectivity index (χ4v) is 5.21. The summed E-state index contributed by atoms with van der Waals surface area (Å²) in [5.74, 6) is -7.96. The zero-order valence-corrected chi connectivity index (χ0v) is 13.8. The number of hydrogen-bond acceptors (Lipinski definition) is 2. The van der Waals surface area contributed by atoms with Gasteiger partial charge in [-0.2, -0.15) is 17.6 Å². The third kappa shape index (κ3) is 2.20. The van der Waals surface area contributed by atoms with Crippen molar-refractivity contribution >= 4 is 0 Å². The highest BCUT2D eigenvalue weighted by Gasteiger charge is 2.83. The highest BCUT2D eigenvalue weighted by atomic mass is 19.3. The first kappa shape index (κ1) is 17.5. The van der Waals surface area contributed by atoms with Crippen molar-refractivity contribution < 1.29 is 27.0 Å². The molecular formula is C17H26F4O2. The first-order valence-electron chi connectivity index (χ1n) is 8.61. The molecular weight excluding hydrogens is 312 g/mol. The largest absolute Gasteiger partial charge is 0.359 e. The number of halogens is 4. The Hall–Kier alpha value is -0.360. The second-order valence-corrected chi connectivity index (χ2v) is 7.81. The van der Waals surface area contributed by atoms with Gasteiger partial charge in [0.2, 0.25) is 0 Å². The molecule has 0 amide bonds. The van der Waals surface area contributed by atoms with Gasteiger partial charge in [0, 0.05) is 12.5 Å². The Morgan fingerprint density at radius 1 is 0.870 bits per heavy atom. The molecule has 0 N–H and O–H groups in total. The normalized spacial score (nSPS) is 45.1. The Bertz CT molecular complexity index is 436. The molecule has 0 aromatic rings. The van der Waals surface area contributed by atoms with Crippen molar-refractivity contribution in [3.05, 3.63) is 0 Å². The molecule has 134 valence electrons. The van der Waals surface area contributed by atoms with Crippen molar-refractivity contribution in [1.82, 2.24) is 0 Å². The van der Waals surface area contributed by atoms with Gasteiger partial charge >= 0.3 is 11.8 Å². The number of rotatable bonds is 4. The zero-order chi connectivity index (χ0) is 16.9. The molecule has 2 nitrogen and oxygen atoms in total. The second-order valence-electron chi connectivity index (χ2n) is 7.81. The van der Waals surface area contributed by atoms with E-state index in [9.17, 15) is 8.78 Å². The maximum absolute atomic E-state index is 15.0. The number of fused-ring (bicyclic) bond motifs is 3. The van der Waals surface area contributed by atoms with Crippen LogP contribution in [0.15, 0.2) is 0 Å². The molecule has 0 saturated heterocycles. The zero-order valence-electron chi connectivity index (χ0n) is 13.8. The second kappa shape index (κ2) is 5.58. The van der Waals surface area contributed by atoms with Gasteiger partial charge in [0.05, 0.1) is 0 Å². The van der Waals surface area contributed by atoms with Gasteiger partial charge in [-0.3, -0.25) is 0 Å². The molecule has 4 fully saturated rings. The average molecular weight is 338 g/mol. The van der Waals surface area contributed by atoms with E-state index in [4.69, 9.17) is 9.47 Å². The highest BCUT2D eigenvalue weighted by molar-refractivity contribution is 5.21. The van der Waals surface area contributed by atoms with Crippen molar-refractivity contribution in [3.8, 4) is 0 Å². The van der Waals surface area contributed by atoms with Crippen molar-refractivity contribution in [3.63, 3.8) is 0 Å². The van der Waals surface area contributed by atoms with Crippen LogP contribution in [0, 0.1) is 17.3 Å². The minimum Gasteiger partial charge on any atom is -0.359 e. The molecule has 0 atom stereocenters. The monoisotopic (exact) mass is 338 g/mol. The van der Waals surface area contributed by atoms with Crippen molar-refractivity contribution in [2.24, 2.45) is 17.3 Å². The Balaban J connectivity index is 1.91. The summed E-state index contributed by atoms with van der Waals surface area (Å²) in [5.41, 5.74) is -3.63. The lowest BCUT2D eigenvalue weighted by atomic mass is 9.48. The molecule has 0 aromatic carbocycles. The van der Waals surface area contributed by atoms with E-state index in [1.165, 1.54) is 7.11 Å². The third-order valence-electron chi connectivity index (χ3n) is 6.79. The molecule has 2 bridgehead atoms. The average Bonchev–Trinajstić information content (AvgIpc) is 2.52. The Kier molecular flexibility index (Phi) is 4.24. The fourth-order valence-electron chi connectivity index (χ4n) is 5.21. The van der Waals surface area contributed by atoms with Crippen molar-refractivity contribution in [2.45, 2.75) is 75.7 Å². The first-order valence-corrected chi connectivity index (χ1v) is 8.61. The predicted molar refractivity (Wildman–Crippen MR) is 77.6 cm³/mol. The molecule has 6 heteroatoms. The smallest absolute Gasteiger partial charge is 0.339 e.